The Kier molecular flexibility index (Phi) is 7.01. The molecule has 0 unspecified atom stereocenters. The average molecular weight is 390 g/mol. The lowest BCUT2D eigenvalue weighted by Crippen LogP contribution is -2.43. The number of carboxylic acid groups (broad SMARTS) is 1. The summed E-state index contributed by atoms with van der Waals surface area (Å²) in [5.74, 6) is 0.410. The van der Waals surface area contributed by atoms with E-state index in [1.165, 1.54) is 12.8 Å². The number of rotatable bonds is 7. The normalized spacial score (nSPS) is 22.5. The number of methoxy groups -OCH3 is 1. The highest BCUT2D eigenvalue weighted by molar-refractivity contribution is 5.74. The van der Waals surface area contributed by atoms with Crippen molar-refractivity contribution in [3.05, 3.63) is 23.8 Å². The fraction of sp³-hybridized carbons (Fsp3) is 0.619. The Bertz CT molecular complexity index is 679. The van der Waals surface area contributed by atoms with Crippen molar-refractivity contribution in [3.63, 3.8) is 0 Å². The first-order valence-corrected chi connectivity index (χ1v) is 10.2. The number of ether oxygens (including phenoxy) is 2. The lowest BCUT2D eigenvalue weighted by molar-refractivity contribution is -0.142. The quantitative estimate of drug-likeness (QED) is 0.662. The molecule has 3 N–H and O–H groups in total. The van der Waals surface area contributed by atoms with Crippen LogP contribution >= 0.6 is 0 Å². The van der Waals surface area contributed by atoms with Crippen LogP contribution in [-0.2, 0) is 11.3 Å². The van der Waals surface area contributed by atoms with Gasteiger partial charge < -0.3 is 25.2 Å². The summed E-state index contributed by atoms with van der Waals surface area (Å²) in [6, 6.07) is 5.51. The van der Waals surface area contributed by atoms with Crippen molar-refractivity contribution in [1.82, 2.24) is 10.6 Å². The average Bonchev–Trinajstić information content (AvgIpc) is 3.20. The van der Waals surface area contributed by atoms with Gasteiger partial charge in [0.1, 0.15) is 0 Å². The van der Waals surface area contributed by atoms with Crippen LogP contribution in [-0.4, -0.2) is 36.4 Å². The Labute approximate surface area is 165 Å². The second-order valence-corrected chi connectivity index (χ2v) is 7.72. The van der Waals surface area contributed by atoms with Crippen LogP contribution in [0.25, 0.3) is 0 Å². The minimum absolute atomic E-state index is 0.0349. The zero-order valence-corrected chi connectivity index (χ0v) is 16.4. The lowest BCUT2D eigenvalue weighted by Gasteiger charge is -2.26. The van der Waals surface area contributed by atoms with Gasteiger partial charge in [-0.15, -0.1) is 0 Å². The third-order valence-electron chi connectivity index (χ3n) is 5.69. The molecule has 2 aliphatic rings. The van der Waals surface area contributed by atoms with E-state index in [1.807, 2.05) is 18.2 Å². The zero-order valence-electron chi connectivity index (χ0n) is 16.4. The van der Waals surface area contributed by atoms with Gasteiger partial charge in [-0.2, -0.15) is 0 Å². The summed E-state index contributed by atoms with van der Waals surface area (Å²) in [5.41, 5.74) is 0.943. The molecule has 2 amide bonds. The first-order valence-electron chi connectivity index (χ1n) is 10.2. The smallest absolute Gasteiger partial charge is 0.315 e. The van der Waals surface area contributed by atoms with Crippen molar-refractivity contribution < 1.29 is 24.2 Å². The van der Waals surface area contributed by atoms with Gasteiger partial charge in [0.05, 0.1) is 19.1 Å². The van der Waals surface area contributed by atoms with E-state index < -0.39 is 5.97 Å². The molecule has 28 heavy (non-hydrogen) atoms. The number of amides is 2. The van der Waals surface area contributed by atoms with E-state index in [1.54, 1.807) is 7.11 Å². The Morgan fingerprint density at radius 3 is 2.43 bits per heavy atom. The van der Waals surface area contributed by atoms with Crippen molar-refractivity contribution in [2.45, 2.75) is 70.1 Å². The minimum Gasteiger partial charge on any atom is -0.493 e. The fourth-order valence-corrected chi connectivity index (χ4v) is 4.01. The third-order valence-corrected chi connectivity index (χ3v) is 5.69. The van der Waals surface area contributed by atoms with Crippen LogP contribution in [0, 0.1) is 5.92 Å². The molecule has 0 radical (unpaired) electrons. The molecule has 2 aliphatic carbocycles. The van der Waals surface area contributed by atoms with E-state index in [0.717, 1.165) is 24.2 Å². The van der Waals surface area contributed by atoms with Gasteiger partial charge in [0, 0.05) is 12.6 Å². The predicted molar refractivity (Wildman–Crippen MR) is 105 cm³/mol. The van der Waals surface area contributed by atoms with Crippen molar-refractivity contribution in [1.29, 1.82) is 0 Å². The van der Waals surface area contributed by atoms with Gasteiger partial charge in [0.15, 0.2) is 11.5 Å². The topological polar surface area (TPSA) is 96.9 Å². The molecule has 0 heterocycles. The van der Waals surface area contributed by atoms with Crippen LogP contribution in [0.1, 0.15) is 56.9 Å². The Morgan fingerprint density at radius 2 is 1.79 bits per heavy atom. The second kappa shape index (κ2) is 9.66. The zero-order chi connectivity index (χ0) is 19.9. The number of aliphatic carboxylic acids is 1. The maximum atomic E-state index is 12.2. The summed E-state index contributed by atoms with van der Waals surface area (Å²) in [6.07, 6.45) is 7.39. The molecule has 2 fully saturated rings. The van der Waals surface area contributed by atoms with Gasteiger partial charge in [0.25, 0.3) is 0 Å². The Morgan fingerprint density at radius 1 is 1.07 bits per heavy atom. The number of carbonyl (C=O) groups is 2. The monoisotopic (exact) mass is 390 g/mol. The van der Waals surface area contributed by atoms with Crippen molar-refractivity contribution >= 4 is 12.0 Å². The van der Waals surface area contributed by atoms with Gasteiger partial charge in [-0.1, -0.05) is 6.07 Å². The van der Waals surface area contributed by atoms with E-state index in [0.29, 0.717) is 38.0 Å². The largest absolute Gasteiger partial charge is 0.493 e. The molecule has 1 aromatic carbocycles. The van der Waals surface area contributed by atoms with Crippen LogP contribution in [0.15, 0.2) is 18.2 Å². The van der Waals surface area contributed by atoms with Gasteiger partial charge in [-0.3, -0.25) is 4.79 Å². The number of hydrogen-bond acceptors (Lipinski definition) is 4. The minimum atomic E-state index is -0.738. The van der Waals surface area contributed by atoms with Crippen molar-refractivity contribution in [2.75, 3.05) is 7.11 Å². The molecular weight excluding hydrogens is 360 g/mol. The van der Waals surface area contributed by atoms with Gasteiger partial charge >= 0.3 is 12.0 Å². The highest BCUT2D eigenvalue weighted by Crippen LogP contribution is 2.32. The Hall–Kier alpha value is -2.44. The van der Waals surface area contributed by atoms with Gasteiger partial charge in [-0.05, 0) is 69.1 Å². The summed E-state index contributed by atoms with van der Waals surface area (Å²) in [7, 11) is 1.63. The van der Waals surface area contributed by atoms with Crippen molar-refractivity contribution in [3.8, 4) is 11.5 Å². The molecule has 7 nitrogen and oxygen atoms in total. The first kappa shape index (κ1) is 20.3. The lowest BCUT2D eigenvalue weighted by atomic mass is 9.86. The van der Waals surface area contributed by atoms with E-state index in [4.69, 9.17) is 14.6 Å². The highest BCUT2D eigenvalue weighted by Gasteiger charge is 2.26. The van der Waals surface area contributed by atoms with E-state index >= 15 is 0 Å². The fourth-order valence-electron chi connectivity index (χ4n) is 4.01. The summed E-state index contributed by atoms with van der Waals surface area (Å²) >= 11 is 0. The van der Waals surface area contributed by atoms with Crippen molar-refractivity contribution in [2.24, 2.45) is 5.92 Å². The maximum absolute atomic E-state index is 12.2. The molecule has 0 atom stereocenters. The van der Waals surface area contributed by atoms with Crippen LogP contribution in [0.3, 0.4) is 0 Å². The van der Waals surface area contributed by atoms with Gasteiger partial charge in [-0.25, -0.2) is 4.79 Å². The summed E-state index contributed by atoms with van der Waals surface area (Å²) in [5, 5.41) is 14.9. The summed E-state index contributed by atoms with van der Waals surface area (Å²) in [6.45, 7) is 0.390. The van der Waals surface area contributed by atoms with Crippen LogP contribution < -0.4 is 20.1 Å². The van der Waals surface area contributed by atoms with Crippen LogP contribution in [0.5, 0.6) is 11.5 Å². The predicted octanol–water partition coefficient (Wildman–Crippen LogP) is 3.46. The SMILES string of the molecule is COc1ccc(CNC(=O)NC2CCC(C(=O)O)CC2)cc1OC1CCCC1. The molecule has 2 saturated carbocycles. The van der Waals surface area contributed by atoms with E-state index in [2.05, 4.69) is 10.6 Å². The molecule has 154 valence electrons. The van der Waals surface area contributed by atoms with Gasteiger partial charge in [0.2, 0.25) is 0 Å². The summed E-state index contributed by atoms with van der Waals surface area (Å²) < 4.78 is 11.5. The standard InChI is InChI=1S/C21H30N2O5/c1-27-18-11-6-14(12-19(18)28-17-4-2-3-5-17)13-22-21(26)23-16-9-7-15(8-10-16)20(24)25/h6,11-12,15-17H,2-5,7-10,13H2,1H3,(H,24,25)(H2,22,23,26). The molecule has 1 aromatic rings. The number of hydrogen-bond donors (Lipinski definition) is 3. The van der Waals surface area contributed by atoms with Crippen LogP contribution in [0.4, 0.5) is 4.79 Å². The summed E-state index contributed by atoms with van der Waals surface area (Å²) in [4.78, 5) is 23.2. The van der Waals surface area contributed by atoms with E-state index in [9.17, 15) is 9.59 Å². The highest BCUT2D eigenvalue weighted by atomic mass is 16.5. The second-order valence-electron chi connectivity index (χ2n) is 7.72. The molecule has 0 saturated heterocycles. The number of benzene rings is 1. The molecular formula is C21H30N2O5. The number of nitrogens with one attached hydrogen (secondary N) is 2. The van der Waals surface area contributed by atoms with E-state index in [-0.39, 0.29) is 24.1 Å². The maximum Gasteiger partial charge on any atom is 0.315 e. The molecule has 0 spiro atoms. The number of urea groups is 1. The number of carbonyl (C=O) groups excluding carboxylic acids is 1. The van der Waals surface area contributed by atoms with Crippen LogP contribution in [0.2, 0.25) is 0 Å². The third kappa shape index (κ3) is 5.53. The molecule has 7 heteroatoms. The molecule has 3 rings (SSSR count). The molecule has 0 aromatic heterocycles. The first-order chi connectivity index (χ1) is 13.5. The Balaban J connectivity index is 1.48. The molecule has 0 bridgehead atoms. The molecule has 0 aliphatic heterocycles. The number of carboxylic acids is 1.